The molecule has 2 bridgehead atoms. The van der Waals surface area contributed by atoms with Crippen molar-refractivity contribution in [1.82, 2.24) is 5.32 Å². The maximum Gasteiger partial charge on any atom is 0.253 e. The number of rotatable bonds is 7. The van der Waals surface area contributed by atoms with Crippen LogP contribution in [-0.2, 0) is 11.2 Å². The summed E-state index contributed by atoms with van der Waals surface area (Å²) in [5, 5.41) is 5.95. The van der Waals surface area contributed by atoms with Gasteiger partial charge in [0, 0.05) is 13.0 Å². The van der Waals surface area contributed by atoms with E-state index in [1.807, 2.05) is 36.4 Å². The molecule has 0 unspecified atom stereocenters. The van der Waals surface area contributed by atoms with E-state index in [-0.39, 0.29) is 11.8 Å². The molecule has 2 aromatic carbocycles. The van der Waals surface area contributed by atoms with Crippen LogP contribution in [0, 0.1) is 17.8 Å². The summed E-state index contributed by atoms with van der Waals surface area (Å²) in [6.07, 6.45) is 6.48. The van der Waals surface area contributed by atoms with Crippen molar-refractivity contribution in [3.05, 3.63) is 65.7 Å². The quantitative estimate of drug-likeness (QED) is 0.751. The second kappa shape index (κ2) is 8.59. The van der Waals surface area contributed by atoms with Crippen LogP contribution >= 0.6 is 0 Å². The molecule has 2 fully saturated rings. The lowest BCUT2D eigenvalue weighted by atomic mass is 9.86. The zero-order chi connectivity index (χ0) is 19.3. The van der Waals surface area contributed by atoms with Crippen molar-refractivity contribution in [1.29, 1.82) is 0 Å². The Morgan fingerprint density at radius 3 is 2.46 bits per heavy atom. The van der Waals surface area contributed by atoms with Crippen LogP contribution in [0.1, 0.15) is 48.0 Å². The number of carbonyl (C=O) groups is 2. The predicted molar refractivity (Wildman–Crippen MR) is 111 cm³/mol. The molecule has 0 heterocycles. The standard InChI is InChI=1S/C24H28N2O2/c27-23(16-20-15-18-10-11-19(20)14-18)26-22-9-5-4-8-21(22)24(28)25-13-12-17-6-2-1-3-7-17/h1-9,18-20H,10-16H2,(H,25,28)(H,26,27)/t18-,19-,20+/m0/s1. The van der Waals surface area contributed by atoms with Crippen LogP contribution in [0.5, 0.6) is 0 Å². The van der Waals surface area contributed by atoms with Crippen LogP contribution in [0.25, 0.3) is 0 Å². The number of hydrogen-bond donors (Lipinski definition) is 2. The van der Waals surface area contributed by atoms with Crippen LogP contribution in [0.15, 0.2) is 54.6 Å². The Balaban J connectivity index is 1.32. The van der Waals surface area contributed by atoms with Gasteiger partial charge in [-0.05, 0) is 61.1 Å². The summed E-state index contributed by atoms with van der Waals surface area (Å²) in [5.74, 6) is 1.97. The molecule has 146 valence electrons. The first-order valence-electron chi connectivity index (χ1n) is 10.4. The van der Waals surface area contributed by atoms with Gasteiger partial charge in [-0.2, -0.15) is 0 Å². The largest absolute Gasteiger partial charge is 0.352 e. The highest BCUT2D eigenvalue weighted by molar-refractivity contribution is 6.03. The lowest BCUT2D eigenvalue weighted by Gasteiger charge is -2.21. The van der Waals surface area contributed by atoms with Crippen LogP contribution in [0.4, 0.5) is 5.69 Å². The molecule has 2 aromatic rings. The SMILES string of the molecule is O=C(C[C@H]1C[C@H]2CC[C@H]1C2)Nc1ccccc1C(=O)NCCc1ccccc1. The van der Waals surface area contributed by atoms with Gasteiger partial charge in [0.1, 0.15) is 0 Å². The van der Waals surface area contributed by atoms with Gasteiger partial charge in [0.2, 0.25) is 5.91 Å². The summed E-state index contributed by atoms with van der Waals surface area (Å²) in [4.78, 5) is 25.2. The van der Waals surface area contributed by atoms with E-state index in [9.17, 15) is 9.59 Å². The minimum absolute atomic E-state index is 0.0297. The molecular formula is C24H28N2O2. The topological polar surface area (TPSA) is 58.2 Å². The molecule has 2 saturated carbocycles. The number of anilines is 1. The lowest BCUT2D eigenvalue weighted by molar-refractivity contribution is -0.117. The molecule has 0 saturated heterocycles. The Morgan fingerprint density at radius 1 is 0.929 bits per heavy atom. The third-order valence-electron chi connectivity index (χ3n) is 6.32. The monoisotopic (exact) mass is 376 g/mol. The van der Waals surface area contributed by atoms with Crippen molar-refractivity contribution in [2.75, 3.05) is 11.9 Å². The van der Waals surface area contributed by atoms with Gasteiger partial charge in [-0.1, -0.05) is 48.9 Å². The number of nitrogens with one attached hydrogen (secondary N) is 2. The fourth-order valence-electron chi connectivity index (χ4n) is 4.92. The summed E-state index contributed by atoms with van der Waals surface area (Å²) in [6.45, 7) is 0.566. The van der Waals surface area contributed by atoms with Crippen molar-refractivity contribution in [3.8, 4) is 0 Å². The molecule has 0 aliphatic heterocycles. The Bertz CT molecular complexity index is 834. The van der Waals surface area contributed by atoms with E-state index >= 15 is 0 Å². The van der Waals surface area contributed by atoms with Gasteiger partial charge in [0.25, 0.3) is 5.91 Å². The Labute approximate surface area is 166 Å². The number of fused-ring (bicyclic) bond motifs is 2. The minimum atomic E-state index is -0.147. The van der Waals surface area contributed by atoms with E-state index in [2.05, 4.69) is 22.8 Å². The molecule has 2 amide bonds. The maximum atomic E-state index is 12.6. The zero-order valence-electron chi connectivity index (χ0n) is 16.2. The van der Waals surface area contributed by atoms with Gasteiger partial charge >= 0.3 is 0 Å². The van der Waals surface area contributed by atoms with Crippen molar-refractivity contribution >= 4 is 17.5 Å². The third kappa shape index (κ3) is 4.44. The fourth-order valence-corrected chi connectivity index (χ4v) is 4.92. The normalized spacial score (nSPS) is 22.8. The van der Waals surface area contributed by atoms with Gasteiger partial charge in [0.15, 0.2) is 0 Å². The second-order valence-corrected chi connectivity index (χ2v) is 8.22. The maximum absolute atomic E-state index is 12.6. The number of amides is 2. The van der Waals surface area contributed by atoms with Gasteiger partial charge in [-0.25, -0.2) is 0 Å². The fraction of sp³-hybridized carbons (Fsp3) is 0.417. The van der Waals surface area contributed by atoms with Crippen molar-refractivity contribution in [2.24, 2.45) is 17.8 Å². The molecule has 0 aromatic heterocycles. The van der Waals surface area contributed by atoms with E-state index in [1.165, 1.54) is 31.2 Å². The highest BCUT2D eigenvalue weighted by Crippen LogP contribution is 2.49. The van der Waals surface area contributed by atoms with Crippen LogP contribution in [0.2, 0.25) is 0 Å². The summed E-state index contributed by atoms with van der Waals surface area (Å²) in [6, 6.07) is 17.3. The van der Waals surface area contributed by atoms with Crippen molar-refractivity contribution in [2.45, 2.75) is 38.5 Å². The van der Waals surface area contributed by atoms with Crippen molar-refractivity contribution in [3.63, 3.8) is 0 Å². The highest BCUT2D eigenvalue weighted by Gasteiger charge is 2.40. The summed E-state index contributed by atoms with van der Waals surface area (Å²) < 4.78 is 0. The first-order valence-corrected chi connectivity index (χ1v) is 10.4. The molecule has 0 radical (unpaired) electrons. The van der Waals surface area contributed by atoms with Crippen LogP contribution < -0.4 is 10.6 Å². The summed E-state index contributed by atoms with van der Waals surface area (Å²) in [7, 11) is 0. The van der Waals surface area contributed by atoms with E-state index in [0.29, 0.717) is 30.1 Å². The van der Waals surface area contributed by atoms with Gasteiger partial charge in [-0.3, -0.25) is 9.59 Å². The molecule has 0 spiro atoms. The molecule has 3 atom stereocenters. The molecule has 2 aliphatic carbocycles. The van der Waals surface area contributed by atoms with Crippen molar-refractivity contribution < 1.29 is 9.59 Å². The first-order chi connectivity index (χ1) is 13.7. The zero-order valence-corrected chi connectivity index (χ0v) is 16.2. The predicted octanol–water partition coefficient (Wildman–Crippen LogP) is 4.42. The first kappa shape index (κ1) is 18.7. The number of carbonyl (C=O) groups excluding carboxylic acids is 2. The molecule has 2 N–H and O–H groups in total. The Hall–Kier alpha value is -2.62. The average Bonchev–Trinajstić information content (AvgIpc) is 3.32. The van der Waals surface area contributed by atoms with E-state index in [4.69, 9.17) is 0 Å². The Morgan fingerprint density at radius 2 is 1.71 bits per heavy atom. The Kier molecular flexibility index (Phi) is 5.75. The molecule has 4 rings (SSSR count). The molecular weight excluding hydrogens is 348 g/mol. The van der Waals surface area contributed by atoms with Gasteiger partial charge in [-0.15, -0.1) is 0 Å². The van der Waals surface area contributed by atoms with E-state index < -0.39 is 0 Å². The third-order valence-corrected chi connectivity index (χ3v) is 6.32. The van der Waals surface area contributed by atoms with Crippen LogP contribution in [0.3, 0.4) is 0 Å². The van der Waals surface area contributed by atoms with Gasteiger partial charge in [0.05, 0.1) is 11.3 Å². The number of para-hydroxylation sites is 1. The van der Waals surface area contributed by atoms with E-state index in [0.717, 1.165) is 18.3 Å². The summed E-state index contributed by atoms with van der Waals surface area (Å²) in [5.41, 5.74) is 2.32. The molecule has 4 heteroatoms. The molecule has 2 aliphatic rings. The minimum Gasteiger partial charge on any atom is -0.352 e. The van der Waals surface area contributed by atoms with Crippen LogP contribution in [-0.4, -0.2) is 18.4 Å². The van der Waals surface area contributed by atoms with E-state index in [1.54, 1.807) is 6.07 Å². The summed E-state index contributed by atoms with van der Waals surface area (Å²) >= 11 is 0. The smallest absolute Gasteiger partial charge is 0.253 e. The van der Waals surface area contributed by atoms with Gasteiger partial charge < -0.3 is 10.6 Å². The lowest BCUT2D eigenvalue weighted by Crippen LogP contribution is -2.27. The molecule has 4 nitrogen and oxygen atoms in total. The molecule has 28 heavy (non-hydrogen) atoms. The second-order valence-electron chi connectivity index (χ2n) is 8.22. The number of hydrogen-bond acceptors (Lipinski definition) is 2. The average molecular weight is 377 g/mol. The highest BCUT2D eigenvalue weighted by atomic mass is 16.2. The number of benzene rings is 2.